The van der Waals surface area contributed by atoms with Gasteiger partial charge in [-0.05, 0) is 40.2 Å². The van der Waals surface area contributed by atoms with E-state index in [1.807, 2.05) is 30.3 Å². The van der Waals surface area contributed by atoms with Gasteiger partial charge in [-0.3, -0.25) is 0 Å². The molecule has 2 N–H and O–H groups in total. The summed E-state index contributed by atoms with van der Waals surface area (Å²) in [5.74, 6) is 0. The van der Waals surface area contributed by atoms with Crippen molar-refractivity contribution in [1.82, 2.24) is 9.97 Å². The van der Waals surface area contributed by atoms with Crippen molar-refractivity contribution in [2.45, 2.75) is 0 Å². The zero-order chi connectivity index (χ0) is 11.8. The van der Waals surface area contributed by atoms with Crippen molar-refractivity contribution in [3.63, 3.8) is 0 Å². The molecule has 0 fully saturated rings. The van der Waals surface area contributed by atoms with Gasteiger partial charge >= 0.3 is 0 Å². The van der Waals surface area contributed by atoms with Crippen LogP contribution in [-0.2, 0) is 0 Å². The highest BCUT2D eigenvalue weighted by atomic mass is 79.9. The van der Waals surface area contributed by atoms with Gasteiger partial charge < -0.3 is 5.73 Å². The second-order valence-corrected chi connectivity index (χ2v) is 5.38. The molecule has 0 amide bonds. The molecule has 2 aromatic heterocycles. The van der Waals surface area contributed by atoms with Crippen LogP contribution in [0.25, 0.3) is 20.9 Å². The van der Waals surface area contributed by atoms with Gasteiger partial charge in [0.25, 0.3) is 0 Å². The molecule has 3 rings (SSSR count). The van der Waals surface area contributed by atoms with Crippen LogP contribution in [0.4, 0.5) is 5.69 Å². The first kappa shape index (κ1) is 10.7. The summed E-state index contributed by atoms with van der Waals surface area (Å²) in [4.78, 5) is 9.76. The van der Waals surface area contributed by atoms with Crippen LogP contribution in [0.15, 0.2) is 41.0 Å². The molecule has 0 radical (unpaired) electrons. The molecule has 3 nitrogen and oxygen atoms in total. The number of halogens is 1. The van der Waals surface area contributed by atoms with Gasteiger partial charge in [-0.15, -0.1) is 0 Å². The topological polar surface area (TPSA) is 51.8 Å². The van der Waals surface area contributed by atoms with Crippen molar-refractivity contribution in [2.75, 3.05) is 5.73 Å². The zero-order valence-electron chi connectivity index (χ0n) is 8.72. The molecule has 0 spiro atoms. The van der Waals surface area contributed by atoms with Crippen LogP contribution < -0.4 is 5.73 Å². The molecule has 1 aromatic carbocycles. The molecule has 3 aromatic rings. The fourth-order valence-electron chi connectivity index (χ4n) is 1.61. The summed E-state index contributed by atoms with van der Waals surface area (Å²) in [6.45, 7) is 0. The van der Waals surface area contributed by atoms with Crippen LogP contribution >= 0.6 is 27.3 Å². The lowest BCUT2D eigenvalue weighted by Gasteiger charge is -2.03. The van der Waals surface area contributed by atoms with Crippen LogP contribution in [0.2, 0.25) is 0 Å². The van der Waals surface area contributed by atoms with Gasteiger partial charge in [0.15, 0.2) is 0 Å². The van der Waals surface area contributed by atoms with E-state index < -0.39 is 0 Å². The highest BCUT2D eigenvalue weighted by Crippen LogP contribution is 2.35. The highest BCUT2D eigenvalue weighted by molar-refractivity contribution is 9.10. The van der Waals surface area contributed by atoms with E-state index in [0.29, 0.717) is 5.69 Å². The molecular formula is C12H8BrN3S. The third kappa shape index (κ3) is 1.81. The molecule has 17 heavy (non-hydrogen) atoms. The standard InChI is InChI=1S/C12H8BrN3S/c13-8-4-1-3-7(10(8)14)11-16-9-5-2-6-15-12(9)17-11/h1-6H,14H2. The summed E-state index contributed by atoms with van der Waals surface area (Å²) in [7, 11) is 0. The number of benzene rings is 1. The summed E-state index contributed by atoms with van der Waals surface area (Å²) in [6, 6.07) is 9.68. The Morgan fingerprint density at radius 1 is 1.18 bits per heavy atom. The lowest BCUT2D eigenvalue weighted by atomic mass is 10.2. The number of nitrogen functional groups attached to an aromatic ring is 1. The van der Waals surface area contributed by atoms with Gasteiger partial charge in [0.2, 0.25) is 0 Å². The Hall–Kier alpha value is -1.46. The number of fused-ring (bicyclic) bond motifs is 1. The molecule has 0 aliphatic rings. The molecule has 5 heteroatoms. The fraction of sp³-hybridized carbons (Fsp3) is 0. The van der Waals surface area contributed by atoms with Crippen molar-refractivity contribution in [3.05, 3.63) is 41.0 Å². The van der Waals surface area contributed by atoms with Crippen molar-refractivity contribution in [2.24, 2.45) is 0 Å². The third-order valence-corrected chi connectivity index (χ3v) is 4.15. The van der Waals surface area contributed by atoms with E-state index in [9.17, 15) is 0 Å². The SMILES string of the molecule is Nc1c(Br)cccc1-c1nc2cccnc2s1. The number of anilines is 1. The Kier molecular flexibility index (Phi) is 2.57. The Bertz CT molecular complexity index is 660. The van der Waals surface area contributed by atoms with E-state index in [1.54, 1.807) is 17.5 Å². The van der Waals surface area contributed by atoms with Gasteiger partial charge in [0.05, 0.1) is 5.69 Å². The minimum Gasteiger partial charge on any atom is -0.397 e. The smallest absolute Gasteiger partial charge is 0.143 e. The van der Waals surface area contributed by atoms with E-state index in [-0.39, 0.29) is 0 Å². The monoisotopic (exact) mass is 305 g/mol. The molecule has 0 unspecified atom stereocenters. The maximum atomic E-state index is 6.04. The van der Waals surface area contributed by atoms with Gasteiger partial charge in [-0.2, -0.15) is 0 Å². The number of hydrogen-bond acceptors (Lipinski definition) is 4. The van der Waals surface area contributed by atoms with Crippen LogP contribution in [-0.4, -0.2) is 9.97 Å². The average Bonchev–Trinajstić information content (AvgIpc) is 2.76. The molecule has 0 aliphatic heterocycles. The van der Waals surface area contributed by atoms with Gasteiger partial charge in [-0.1, -0.05) is 17.4 Å². The molecule has 2 heterocycles. The first-order valence-corrected chi connectivity index (χ1v) is 6.62. The summed E-state index contributed by atoms with van der Waals surface area (Å²) >= 11 is 4.97. The van der Waals surface area contributed by atoms with Crippen molar-refractivity contribution in [1.29, 1.82) is 0 Å². The van der Waals surface area contributed by atoms with Crippen LogP contribution in [0.1, 0.15) is 0 Å². The zero-order valence-corrected chi connectivity index (χ0v) is 11.1. The molecule has 0 saturated carbocycles. The van der Waals surface area contributed by atoms with E-state index in [0.717, 1.165) is 25.4 Å². The number of para-hydroxylation sites is 1. The number of aromatic nitrogens is 2. The Morgan fingerprint density at radius 2 is 2.06 bits per heavy atom. The first-order chi connectivity index (χ1) is 8.25. The summed E-state index contributed by atoms with van der Waals surface area (Å²) in [6.07, 6.45) is 1.77. The summed E-state index contributed by atoms with van der Waals surface area (Å²) < 4.78 is 0.891. The number of pyridine rings is 1. The quantitative estimate of drug-likeness (QED) is 0.697. The van der Waals surface area contributed by atoms with Crippen LogP contribution in [0.5, 0.6) is 0 Å². The predicted molar refractivity (Wildman–Crippen MR) is 75.0 cm³/mol. The Labute approximate surface area is 110 Å². The second kappa shape index (κ2) is 4.09. The molecular weight excluding hydrogens is 298 g/mol. The van der Waals surface area contributed by atoms with E-state index in [1.165, 1.54) is 0 Å². The van der Waals surface area contributed by atoms with Gasteiger partial charge in [-0.25, -0.2) is 9.97 Å². The molecule has 0 atom stereocenters. The maximum absolute atomic E-state index is 6.04. The number of nitrogens with two attached hydrogens (primary N) is 1. The Balaban J connectivity index is 2.24. The van der Waals surface area contributed by atoms with E-state index in [2.05, 4.69) is 25.9 Å². The molecule has 0 bridgehead atoms. The number of rotatable bonds is 1. The molecule has 0 saturated heterocycles. The van der Waals surface area contributed by atoms with E-state index in [4.69, 9.17) is 5.73 Å². The van der Waals surface area contributed by atoms with Crippen molar-refractivity contribution >= 4 is 43.3 Å². The van der Waals surface area contributed by atoms with Crippen LogP contribution in [0, 0.1) is 0 Å². The third-order valence-electron chi connectivity index (χ3n) is 2.45. The lowest BCUT2D eigenvalue weighted by Crippen LogP contribution is -1.90. The van der Waals surface area contributed by atoms with E-state index >= 15 is 0 Å². The Morgan fingerprint density at radius 3 is 2.88 bits per heavy atom. The van der Waals surface area contributed by atoms with Gasteiger partial charge in [0, 0.05) is 16.2 Å². The minimum atomic E-state index is 0.714. The number of hydrogen-bond donors (Lipinski definition) is 1. The number of nitrogens with zero attached hydrogens (tertiary/aromatic N) is 2. The fourth-order valence-corrected chi connectivity index (χ4v) is 2.92. The maximum Gasteiger partial charge on any atom is 0.143 e. The van der Waals surface area contributed by atoms with Gasteiger partial charge in [0.1, 0.15) is 15.4 Å². The molecule has 0 aliphatic carbocycles. The average molecular weight is 306 g/mol. The predicted octanol–water partition coefficient (Wildman–Crippen LogP) is 3.70. The number of thiazole rings is 1. The normalized spacial score (nSPS) is 10.9. The summed E-state index contributed by atoms with van der Waals surface area (Å²) in [5, 5.41) is 0.900. The summed E-state index contributed by atoms with van der Waals surface area (Å²) in [5.41, 5.74) is 8.61. The minimum absolute atomic E-state index is 0.714. The van der Waals surface area contributed by atoms with Crippen molar-refractivity contribution in [3.8, 4) is 10.6 Å². The van der Waals surface area contributed by atoms with Crippen molar-refractivity contribution < 1.29 is 0 Å². The largest absolute Gasteiger partial charge is 0.397 e. The molecule has 84 valence electrons. The highest BCUT2D eigenvalue weighted by Gasteiger charge is 2.10. The lowest BCUT2D eigenvalue weighted by molar-refractivity contribution is 1.40. The first-order valence-electron chi connectivity index (χ1n) is 5.01. The van der Waals surface area contributed by atoms with Crippen LogP contribution in [0.3, 0.4) is 0 Å². The second-order valence-electron chi connectivity index (χ2n) is 3.55.